The summed E-state index contributed by atoms with van der Waals surface area (Å²) < 4.78 is 1.79. The van der Waals surface area contributed by atoms with Crippen molar-refractivity contribution in [1.82, 2.24) is 20.1 Å². The van der Waals surface area contributed by atoms with E-state index in [1.165, 1.54) is 10.9 Å². The maximum atomic E-state index is 6.28. The van der Waals surface area contributed by atoms with Crippen LogP contribution in [0.1, 0.15) is 23.0 Å². The highest BCUT2D eigenvalue weighted by atomic mass is 35.5. The van der Waals surface area contributed by atoms with Gasteiger partial charge in [-0.1, -0.05) is 29.8 Å². The van der Waals surface area contributed by atoms with E-state index in [-0.39, 0.29) is 6.04 Å². The first kappa shape index (κ1) is 14.0. The number of fused-ring (bicyclic) bond motifs is 1. The first-order chi connectivity index (χ1) is 10.1. The lowest BCUT2D eigenvalue weighted by Crippen LogP contribution is -2.22. The van der Waals surface area contributed by atoms with Crippen molar-refractivity contribution in [1.29, 1.82) is 0 Å². The van der Waals surface area contributed by atoms with E-state index in [4.69, 9.17) is 16.6 Å². The maximum Gasteiger partial charge on any atom is 0.0934 e. The van der Waals surface area contributed by atoms with Crippen molar-refractivity contribution in [3.05, 3.63) is 58.5 Å². The normalized spacial score (nSPS) is 12.8. The van der Waals surface area contributed by atoms with Crippen molar-refractivity contribution in [2.75, 3.05) is 7.05 Å². The van der Waals surface area contributed by atoms with Gasteiger partial charge in [0.05, 0.1) is 34.2 Å². The summed E-state index contributed by atoms with van der Waals surface area (Å²) in [4.78, 5) is 4.78. The van der Waals surface area contributed by atoms with Gasteiger partial charge in [0.1, 0.15) is 0 Å². The number of aromatic nitrogens is 3. The number of hydrogen-bond acceptors (Lipinski definition) is 3. The molecule has 0 saturated heterocycles. The highest BCUT2D eigenvalue weighted by molar-refractivity contribution is 6.31. The Hall–Kier alpha value is -1.91. The van der Waals surface area contributed by atoms with Crippen LogP contribution in [0.15, 0.2) is 36.5 Å². The van der Waals surface area contributed by atoms with Crippen LogP contribution in [0.3, 0.4) is 0 Å². The Morgan fingerprint density at radius 3 is 2.71 bits per heavy atom. The lowest BCUT2D eigenvalue weighted by molar-refractivity contribution is 0.596. The van der Waals surface area contributed by atoms with Gasteiger partial charge >= 0.3 is 0 Å². The van der Waals surface area contributed by atoms with Crippen LogP contribution in [0.4, 0.5) is 0 Å². The fraction of sp³-hybridized carbons (Fsp3) is 0.250. The van der Waals surface area contributed by atoms with Crippen molar-refractivity contribution in [2.24, 2.45) is 7.05 Å². The summed E-state index contributed by atoms with van der Waals surface area (Å²) in [5.74, 6) is 0. The van der Waals surface area contributed by atoms with Gasteiger partial charge in [0.2, 0.25) is 0 Å². The molecule has 0 spiro atoms. The van der Waals surface area contributed by atoms with Gasteiger partial charge in [-0.3, -0.25) is 9.67 Å². The molecule has 108 valence electrons. The van der Waals surface area contributed by atoms with E-state index >= 15 is 0 Å². The van der Waals surface area contributed by atoms with Crippen molar-refractivity contribution in [3.63, 3.8) is 0 Å². The van der Waals surface area contributed by atoms with Crippen LogP contribution in [0.2, 0.25) is 5.02 Å². The van der Waals surface area contributed by atoms with Crippen LogP contribution < -0.4 is 5.32 Å². The van der Waals surface area contributed by atoms with E-state index in [0.717, 1.165) is 16.9 Å². The van der Waals surface area contributed by atoms with Crippen molar-refractivity contribution in [3.8, 4) is 0 Å². The van der Waals surface area contributed by atoms with Crippen LogP contribution in [-0.4, -0.2) is 21.8 Å². The quantitative estimate of drug-likeness (QED) is 0.807. The largest absolute Gasteiger partial charge is 0.307 e. The molecule has 5 heteroatoms. The van der Waals surface area contributed by atoms with Gasteiger partial charge in [0, 0.05) is 12.4 Å². The topological polar surface area (TPSA) is 42.7 Å². The minimum absolute atomic E-state index is 0.0895. The Morgan fingerprint density at radius 2 is 2.05 bits per heavy atom. The minimum atomic E-state index is -0.0895. The molecule has 2 heterocycles. The molecular weight excluding hydrogens is 284 g/mol. The van der Waals surface area contributed by atoms with Gasteiger partial charge in [-0.15, -0.1) is 0 Å². The van der Waals surface area contributed by atoms with E-state index in [9.17, 15) is 0 Å². The molecule has 0 saturated carbocycles. The van der Waals surface area contributed by atoms with Gasteiger partial charge in [0.25, 0.3) is 0 Å². The maximum absolute atomic E-state index is 6.28. The van der Waals surface area contributed by atoms with Crippen molar-refractivity contribution >= 4 is 22.5 Å². The second kappa shape index (κ2) is 5.47. The van der Waals surface area contributed by atoms with Crippen LogP contribution in [0.25, 0.3) is 10.9 Å². The lowest BCUT2D eigenvalue weighted by Gasteiger charge is -2.18. The number of hydrogen-bond donors (Lipinski definition) is 1. The molecule has 0 bridgehead atoms. The molecular formula is C16H17ClN4. The van der Waals surface area contributed by atoms with E-state index < -0.39 is 0 Å². The molecule has 0 aliphatic heterocycles. The number of nitrogens with one attached hydrogen (secondary N) is 1. The molecule has 1 N–H and O–H groups in total. The lowest BCUT2D eigenvalue weighted by atomic mass is 10.0. The molecule has 0 fully saturated rings. The van der Waals surface area contributed by atoms with E-state index in [1.54, 1.807) is 10.9 Å². The molecule has 0 amide bonds. The Kier molecular flexibility index (Phi) is 3.66. The molecule has 0 radical (unpaired) electrons. The summed E-state index contributed by atoms with van der Waals surface area (Å²) in [6.45, 7) is 2.10. The molecule has 0 aliphatic rings. The van der Waals surface area contributed by atoms with Gasteiger partial charge in [0.15, 0.2) is 0 Å². The molecule has 1 aromatic carbocycles. The molecule has 2 aromatic heterocycles. The highest BCUT2D eigenvalue weighted by Gasteiger charge is 2.21. The Bertz CT molecular complexity index is 775. The zero-order valence-electron chi connectivity index (χ0n) is 12.3. The molecule has 1 atom stereocenters. The van der Waals surface area contributed by atoms with Gasteiger partial charge < -0.3 is 5.32 Å². The smallest absolute Gasteiger partial charge is 0.0934 e. The predicted octanol–water partition coefficient (Wildman–Crippen LogP) is 3.24. The number of aryl methyl sites for hydroxylation is 2. The second-order valence-electron chi connectivity index (χ2n) is 5.10. The minimum Gasteiger partial charge on any atom is -0.307 e. The fourth-order valence-electron chi connectivity index (χ4n) is 2.69. The van der Waals surface area contributed by atoms with Crippen LogP contribution in [0, 0.1) is 6.92 Å². The SMILES string of the molecule is CNC(c1cc(C)c2ccccc2n1)c1c(Cl)cnn1C. The molecule has 21 heavy (non-hydrogen) atoms. The van der Waals surface area contributed by atoms with Crippen LogP contribution >= 0.6 is 11.6 Å². The van der Waals surface area contributed by atoms with Crippen molar-refractivity contribution in [2.45, 2.75) is 13.0 Å². The molecule has 4 nitrogen and oxygen atoms in total. The highest BCUT2D eigenvalue weighted by Crippen LogP contribution is 2.28. The summed E-state index contributed by atoms with van der Waals surface area (Å²) in [6, 6.07) is 10.2. The Balaban J connectivity index is 2.18. The standard InChI is InChI=1S/C16H17ClN4/c1-10-8-14(20-13-7-5-4-6-11(10)13)15(18-2)16-12(17)9-19-21(16)3/h4-9,15,18H,1-3H3. The molecule has 3 aromatic rings. The van der Waals surface area contributed by atoms with E-state index in [2.05, 4.69) is 29.5 Å². The number of halogens is 1. The third kappa shape index (κ3) is 2.41. The monoisotopic (exact) mass is 300 g/mol. The first-order valence-corrected chi connectivity index (χ1v) is 7.20. The third-order valence-electron chi connectivity index (χ3n) is 3.74. The number of nitrogens with zero attached hydrogens (tertiary/aromatic N) is 3. The van der Waals surface area contributed by atoms with Crippen molar-refractivity contribution < 1.29 is 0 Å². The molecule has 1 unspecified atom stereocenters. The van der Waals surface area contributed by atoms with Crippen LogP contribution in [0.5, 0.6) is 0 Å². The van der Waals surface area contributed by atoms with E-state index in [1.807, 2.05) is 32.3 Å². The van der Waals surface area contributed by atoms with Gasteiger partial charge in [-0.2, -0.15) is 5.10 Å². The Morgan fingerprint density at radius 1 is 1.29 bits per heavy atom. The zero-order chi connectivity index (χ0) is 15.0. The number of pyridine rings is 1. The Labute approximate surface area is 128 Å². The second-order valence-corrected chi connectivity index (χ2v) is 5.51. The number of para-hydroxylation sites is 1. The van der Waals surface area contributed by atoms with Gasteiger partial charge in [-0.05, 0) is 31.7 Å². The predicted molar refractivity (Wildman–Crippen MR) is 85.6 cm³/mol. The first-order valence-electron chi connectivity index (χ1n) is 6.82. The fourth-order valence-corrected chi connectivity index (χ4v) is 2.97. The average Bonchev–Trinajstić information content (AvgIpc) is 2.81. The summed E-state index contributed by atoms with van der Waals surface area (Å²) >= 11 is 6.28. The molecule has 0 aliphatic carbocycles. The summed E-state index contributed by atoms with van der Waals surface area (Å²) in [5, 5.41) is 9.32. The molecule has 3 rings (SSSR count). The summed E-state index contributed by atoms with van der Waals surface area (Å²) in [7, 11) is 3.79. The zero-order valence-corrected chi connectivity index (χ0v) is 13.0. The van der Waals surface area contributed by atoms with E-state index in [0.29, 0.717) is 5.02 Å². The summed E-state index contributed by atoms with van der Waals surface area (Å²) in [5.41, 5.74) is 4.06. The summed E-state index contributed by atoms with van der Waals surface area (Å²) in [6.07, 6.45) is 1.66. The van der Waals surface area contributed by atoms with Gasteiger partial charge in [-0.25, -0.2) is 0 Å². The average molecular weight is 301 g/mol. The van der Waals surface area contributed by atoms with Crippen LogP contribution in [-0.2, 0) is 7.05 Å². The number of benzene rings is 1. The third-order valence-corrected chi connectivity index (χ3v) is 4.03. The number of rotatable bonds is 3.